The number of carbonyl (C=O) groups excluding carboxylic acids is 1. The first-order chi connectivity index (χ1) is 16.9. The number of nitrogens with one attached hydrogen (secondary N) is 1. The summed E-state index contributed by atoms with van der Waals surface area (Å²) in [5, 5.41) is 15.0. The predicted molar refractivity (Wildman–Crippen MR) is 135 cm³/mol. The fraction of sp³-hybridized carbons (Fsp3) is 0.111. The minimum atomic E-state index is -0.407. The second-order valence-corrected chi connectivity index (χ2v) is 7.94. The molecule has 0 aliphatic rings. The van der Waals surface area contributed by atoms with Crippen LogP contribution in [-0.4, -0.2) is 28.7 Å². The third kappa shape index (κ3) is 5.11. The molecule has 0 saturated heterocycles. The first-order valence-electron chi connectivity index (χ1n) is 10.9. The molecule has 0 spiro atoms. The molecule has 0 radical (unpaired) electrons. The van der Waals surface area contributed by atoms with Gasteiger partial charge in [-0.2, -0.15) is 5.10 Å². The van der Waals surface area contributed by atoms with Gasteiger partial charge < -0.3 is 9.30 Å². The van der Waals surface area contributed by atoms with Crippen molar-refractivity contribution in [3.05, 3.63) is 111 Å². The zero-order valence-corrected chi connectivity index (χ0v) is 19.6. The van der Waals surface area contributed by atoms with Gasteiger partial charge in [-0.1, -0.05) is 18.2 Å². The molecule has 8 heteroatoms. The number of carbonyl (C=O) groups is 1. The Bertz CT molecular complexity index is 1400. The highest BCUT2D eigenvalue weighted by Gasteiger charge is 2.11. The van der Waals surface area contributed by atoms with Crippen molar-refractivity contribution in [2.24, 2.45) is 5.10 Å². The largest absolute Gasteiger partial charge is 0.497 e. The molecule has 8 nitrogen and oxygen atoms in total. The fourth-order valence-corrected chi connectivity index (χ4v) is 3.88. The van der Waals surface area contributed by atoms with E-state index in [-0.39, 0.29) is 11.6 Å². The number of non-ortho nitro benzene ring substituents is 1. The summed E-state index contributed by atoms with van der Waals surface area (Å²) in [6, 6.07) is 23.3. The Morgan fingerprint density at radius 2 is 1.66 bits per heavy atom. The van der Waals surface area contributed by atoms with E-state index in [4.69, 9.17) is 4.74 Å². The maximum Gasteiger partial charge on any atom is 0.271 e. The predicted octanol–water partition coefficient (Wildman–Crippen LogP) is 5.44. The molecule has 0 aliphatic heterocycles. The number of hydrazone groups is 1. The van der Waals surface area contributed by atoms with Gasteiger partial charge in [0.1, 0.15) is 5.75 Å². The number of nitro groups is 1. The molecule has 176 valence electrons. The molecule has 0 atom stereocenters. The van der Waals surface area contributed by atoms with Crippen LogP contribution in [-0.2, 0) is 0 Å². The van der Waals surface area contributed by atoms with Gasteiger partial charge in [0, 0.05) is 40.3 Å². The lowest BCUT2D eigenvalue weighted by Crippen LogP contribution is -2.17. The fourth-order valence-electron chi connectivity index (χ4n) is 3.88. The number of methoxy groups -OCH3 is 1. The van der Waals surface area contributed by atoms with Crippen molar-refractivity contribution in [2.45, 2.75) is 13.8 Å². The van der Waals surface area contributed by atoms with Crippen LogP contribution < -0.4 is 10.2 Å². The normalized spacial score (nSPS) is 10.9. The number of ether oxygens (including phenoxy) is 1. The molecule has 0 fully saturated rings. The average molecular weight is 469 g/mol. The van der Waals surface area contributed by atoms with E-state index in [1.165, 1.54) is 12.1 Å². The van der Waals surface area contributed by atoms with E-state index in [2.05, 4.69) is 15.1 Å². The minimum Gasteiger partial charge on any atom is -0.497 e. The van der Waals surface area contributed by atoms with Gasteiger partial charge in [-0.05, 0) is 73.5 Å². The number of nitro benzene ring substituents is 1. The van der Waals surface area contributed by atoms with E-state index in [9.17, 15) is 14.9 Å². The highest BCUT2D eigenvalue weighted by molar-refractivity contribution is 5.95. The first kappa shape index (κ1) is 23.4. The quantitative estimate of drug-likeness (QED) is 0.222. The van der Waals surface area contributed by atoms with Crippen LogP contribution in [0.4, 0.5) is 5.69 Å². The van der Waals surface area contributed by atoms with Gasteiger partial charge in [0.2, 0.25) is 0 Å². The number of rotatable bonds is 7. The van der Waals surface area contributed by atoms with Crippen LogP contribution in [0.2, 0.25) is 0 Å². The zero-order chi connectivity index (χ0) is 24.9. The van der Waals surface area contributed by atoms with Crippen LogP contribution in [0.1, 0.15) is 27.3 Å². The van der Waals surface area contributed by atoms with E-state index >= 15 is 0 Å². The molecule has 0 aliphatic carbocycles. The van der Waals surface area contributed by atoms with E-state index in [1.807, 2.05) is 44.2 Å². The van der Waals surface area contributed by atoms with E-state index in [1.54, 1.807) is 49.7 Å². The van der Waals surface area contributed by atoms with E-state index < -0.39 is 4.92 Å². The molecule has 1 aromatic heterocycles. The summed E-state index contributed by atoms with van der Waals surface area (Å²) in [4.78, 5) is 22.8. The van der Waals surface area contributed by atoms with Crippen molar-refractivity contribution in [2.75, 3.05) is 7.11 Å². The van der Waals surface area contributed by atoms with Crippen LogP contribution in [0.5, 0.6) is 5.75 Å². The van der Waals surface area contributed by atoms with Crippen LogP contribution in [0.3, 0.4) is 0 Å². The van der Waals surface area contributed by atoms with Crippen molar-refractivity contribution in [1.82, 2.24) is 9.99 Å². The highest BCUT2D eigenvalue weighted by Crippen LogP contribution is 2.26. The van der Waals surface area contributed by atoms with Crippen molar-refractivity contribution in [1.29, 1.82) is 0 Å². The smallest absolute Gasteiger partial charge is 0.271 e. The lowest BCUT2D eigenvalue weighted by molar-refractivity contribution is -0.384. The molecule has 4 rings (SSSR count). The van der Waals surface area contributed by atoms with Gasteiger partial charge in [0.25, 0.3) is 11.6 Å². The lowest BCUT2D eigenvalue weighted by Gasteiger charge is -2.11. The second kappa shape index (κ2) is 10.0. The summed E-state index contributed by atoms with van der Waals surface area (Å²) < 4.78 is 7.25. The molecule has 0 saturated carbocycles. The van der Waals surface area contributed by atoms with Gasteiger partial charge in [0.05, 0.1) is 18.2 Å². The van der Waals surface area contributed by atoms with E-state index in [0.29, 0.717) is 11.3 Å². The van der Waals surface area contributed by atoms with Crippen molar-refractivity contribution in [3.63, 3.8) is 0 Å². The average Bonchev–Trinajstić information content (AvgIpc) is 3.16. The van der Waals surface area contributed by atoms with Gasteiger partial charge in [0.15, 0.2) is 0 Å². The Balaban J connectivity index is 1.50. The topological polar surface area (TPSA) is 98.8 Å². The third-order valence-corrected chi connectivity index (χ3v) is 5.71. The van der Waals surface area contributed by atoms with Gasteiger partial charge in [-0.25, -0.2) is 5.43 Å². The summed E-state index contributed by atoms with van der Waals surface area (Å²) in [6.45, 7) is 3.99. The monoisotopic (exact) mass is 468 g/mol. The molecule has 1 heterocycles. The number of hydrogen-bond donors (Lipinski definition) is 1. The Kier molecular flexibility index (Phi) is 6.73. The number of nitrogens with zero attached hydrogens (tertiary/aromatic N) is 3. The number of aromatic nitrogens is 1. The Morgan fingerprint density at radius 1 is 1.00 bits per heavy atom. The number of benzene rings is 3. The second-order valence-electron chi connectivity index (χ2n) is 7.94. The summed E-state index contributed by atoms with van der Waals surface area (Å²) >= 11 is 0. The molecular weight excluding hydrogens is 444 g/mol. The minimum absolute atomic E-state index is 0.0674. The van der Waals surface area contributed by atoms with Crippen LogP contribution in [0, 0.1) is 24.0 Å². The number of amides is 1. The molecule has 3 aromatic carbocycles. The van der Waals surface area contributed by atoms with Crippen molar-refractivity contribution < 1.29 is 14.5 Å². The molecule has 0 unspecified atom stereocenters. The van der Waals surface area contributed by atoms with Gasteiger partial charge >= 0.3 is 0 Å². The van der Waals surface area contributed by atoms with Crippen LogP contribution >= 0.6 is 0 Å². The van der Waals surface area contributed by atoms with Crippen LogP contribution in [0.15, 0.2) is 84.0 Å². The Hall–Kier alpha value is -4.72. The van der Waals surface area contributed by atoms with Crippen LogP contribution in [0.25, 0.3) is 16.8 Å². The summed E-state index contributed by atoms with van der Waals surface area (Å²) in [5.74, 6) is 0.278. The molecular formula is C27H24N4O4. The maximum absolute atomic E-state index is 12.4. The van der Waals surface area contributed by atoms with E-state index in [0.717, 1.165) is 33.8 Å². The summed E-state index contributed by atoms with van der Waals surface area (Å²) in [6.07, 6.45) is 1.63. The Morgan fingerprint density at radius 3 is 2.29 bits per heavy atom. The first-order valence-corrected chi connectivity index (χ1v) is 10.9. The molecule has 1 amide bonds. The van der Waals surface area contributed by atoms with Crippen molar-refractivity contribution >= 4 is 17.8 Å². The van der Waals surface area contributed by atoms with Crippen molar-refractivity contribution in [3.8, 4) is 22.6 Å². The maximum atomic E-state index is 12.4. The van der Waals surface area contributed by atoms with Gasteiger partial charge in [-0.3, -0.25) is 14.9 Å². The number of hydrogen-bond acceptors (Lipinski definition) is 5. The molecule has 1 N–H and O–H groups in total. The standard InChI is InChI=1S/C27H24N4O4/c1-18-15-23(17-28-29-27(32)22-5-4-6-26(16-22)35-3)19(2)30(18)24-11-7-20(8-12-24)21-9-13-25(14-10-21)31(33)34/h4-17H,1-3H3,(H,29,32)/b28-17-. The Labute approximate surface area is 202 Å². The molecule has 4 aromatic rings. The summed E-state index contributed by atoms with van der Waals surface area (Å²) in [5.41, 5.74) is 8.81. The zero-order valence-electron chi connectivity index (χ0n) is 19.6. The SMILES string of the molecule is COc1cccc(C(=O)N/N=C\c2cc(C)n(-c3ccc(-c4ccc([N+](=O)[O-])cc4)cc3)c2C)c1. The lowest BCUT2D eigenvalue weighted by atomic mass is 10.0. The summed E-state index contributed by atoms with van der Waals surface area (Å²) in [7, 11) is 1.55. The highest BCUT2D eigenvalue weighted by atomic mass is 16.6. The van der Waals surface area contributed by atoms with Gasteiger partial charge in [-0.15, -0.1) is 0 Å². The number of aryl methyl sites for hydroxylation is 1. The molecule has 0 bridgehead atoms. The third-order valence-electron chi connectivity index (χ3n) is 5.71. The molecule has 35 heavy (non-hydrogen) atoms.